The van der Waals surface area contributed by atoms with Gasteiger partial charge >= 0.3 is 18.9 Å². The van der Waals surface area contributed by atoms with E-state index in [1.165, 1.54) is 0 Å². The monoisotopic (exact) mass is 115 g/mol. The van der Waals surface area contributed by atoms with E-state index in [9.17, 15) is 0 Å². The molecule has 0 atom stereocenters. The molecule has 0 aromatic heterocycles. The molecule has 0 amide bonds. The van der Waals surface area contributed by atoms with Crippen molar-refractivity contribution in [2.24, 2.45) is 0 Å². The molecule has 0 aliphatic carbocycles. The summed E-state index contributed by atoms with van der Waals surface area (Å²) in [6, 6.07) is 0. The van der Waals surface area contributed by atoms with Gasteiger partial charge in [0.25, 0.3) is 0 Å². The fraction of sp³-hybridized carbons (Fsp3) is 0. The summed E-state index contributed by atoms with van der Waals surface area (Å²) < 4.78 is 8.06. The van der Waals surface area contributed by atoms with Crippen LogP contribution in [-0.4, -0.2) is 0 Å². The van der Waals surface area contributed by atoms with Crippen LogP contribution in [0, 0.1) is 0 Å². The Morgan fingerprint density at radius 3 is 1.50 bits per heavy atom. The second kappa shape index (κ2) is 29.8. The minimum Gasteiger partial charge on any atom is -1.00 e. The third-order valence-corrected chi connectivity index (χ3v) is 0. The van der Waals surface area contributed by atoms with Crippen molar-refractivity contribution in [3.05, 3.63) is 0 Å². The van der Waals surface area contributed by atoms with Crippen molar-refractivity contribution in [1.29, 1.82) is 0 Å². The first kappa shape index (κ1) is 18.9. The van der Waals surface area contributed by atoms with E-state index in [0.29, 0.717) is 0 Å². The van der Waals surface area contributed by atoms with Crippen LogP contribution in [-0.2, 0) is 21.3 Å². The molecule has 0 saturated heterocycles. The average molecular weight is 115 g/mol. The van der Waals surface area contributed by atoms with Gasteiger partial charge in [-0.25, -0.2) is 0 Å². The van der Waals surface area contributed by atoms with E-state index < -0.39 is 0 Å². The Balaban J connectivity index is -0.00000000167. The molecule has 0 unspecified atom stereocenters. The molecule has 0 heterocycles. The van der Waals surface area contributed by atoms with E-state index in [0.717, 1.165) is 0 Å². The smallest absolute Gasteiger partial charge is 1.00 e. The van der Waals surface area contributed by atoms with E-state index in [-0.39, 0.29) is 37.1 Å². The molecule has 23 valence electrons. The van der Waals surface area contributed by atoms with Crippen LogP contribution < -0.4 is 18.9 Å². The zero-order chi connectivity index (χ0) is 2.00. The maximum absolute atomic E-state index is 8.06. The van der Waals surface area contributed by atoms with Crippen LogP contribution in [0.1, 0.15) is 1.43 Å². The largest absolute Gasteiger partial charge is 1.00 e. The molecule has 0 aromatic rings. The summed E-state index contributed by atoms with van der Waals surface area (Å²) in [4.78, 5) is 0. The Morgan fingerprint density at radius 2 is 1.50 bits per heavy atom. The maximum atomic E-state index is 8.06. The Kier molecular flexibility index (Phi) is 141. The van der Waals surface area contributed by atoms with Crippen LogP contribution in [0.3, 0.4) is 0 Å². The Labute approximate surface area is 51.0 Å². The summed E-state index contributed by atoms with van der Waals surface area (Å²) in [5.41, 5.74) is 0. The predicted molar refractivity (Wildman–Crippen MR) is 10.1 cm³/mol. The van der Waals surface area contributed by atoms with Crippen molar-refractivity contribution in [3.8, 4) is 0 Å². The van der Waals surface area contributed by atoms with E-state index >= 15 is 0 Å². The fourth-order valence-electron chi connectivity index (χ4n) is 0. The molecule has 0 rings (SSSR count). The van der Waals surface area contributed by atoms with Gasteiger partial charge in [-0.2, -0.15) is 0 Å². The van der Waals surface area contributed by atoms with Crippen molar-refractivity contribution < 1.29 is 41.6 Å². The van der Waals surface area contributed by atoms with E-state index in [2.05, 4.69) is 0 Å². The first-order valence-corrected chi connectivity index (χ1v) is 0.612. The third kappa shape index (κ3) is 10.7. The van der Waals surface area contributed by atoms with E-state index in [4.69, 9.17) is 4.57 Å². The summed E-state index contributed by atoms with van der Waals surface area (Å²) in [6.07, 6.45) is 0. The Morgan fingerprint density at radius 1 is 1.50 bits per heavy atom. The number of hydrogen-bond acceptors (Lipinski definition) is 1. The summed E-state index contributed by atoms with van der Waals surface area (Å²) in [5, 5.41) is 0. The second-order valence-corrected chi connectivity index (χ2v) is 0. The molecule has 1 nitrogen and oxygen atoms in total. The molecule has 1 radical (unpaired) electrons. The zero-order valence-corrected chi connectivity index (χ0v) is 4.28. The summed E-state index contributed by atoms with van der Waals surface area (Å²) in [6.45, 7) is 0. The van der Waals surface area contributed by atoms with Crippen LogP contribution in [0.25, 0.3) is 0 Å². The first-order chi connectivity index (χ1) is 1.00. The standard InChI is InChI=1S/Co.Li.HOP.H/c;;1-2;/h;;2H;/q;+1;;-1. The van der Waals surface area contributed by atoms with Gasteiger partial charge in [0, 0.05) is 16.8 Å². The van der Waals surface area contributed by atoms with Gasteiger partial charge in [0.05, 0.1) is 0 Å². The normalized spacial score (nSPS) is 1.00. The van der Waals surface area contributed by atoms with Gasteiger partial charge in [0.2, 0.25) is 0 Å². The van der Waals surface area contributed by atoms with Crippen molar-refractivity contribution in [2.75, 3.05) is 0 Å². The van der Waals surface area contributed by atoms with E-state index in [1.807, 2.05) is 0 Å². The molecule has 4 heteroatoms. The second-order valence-electron chi connectivity index (χ2n) is 0. The van der Waals surface area contributed by atoms with E-state index in [1.54, 1.807) is 9.12 Å². The van der Waals surface area contributed by atoms with Crippen LogP contribution in [0.15, 0.2) is 0 Å². The zero-order valence-electron chi connectivity index (χ0n) is 3.24. The molecule has 0 spiro atoms. The topological polar surface area (TPSA) is 17.1 Å². The van der Waals surface area contributed by atoms with Gasteiger partial charge in [0.15, 0.2) is 0 Å². The van der Waals surface area contributed by atoms with Gasteiger partial charge in [-0.1, -0.05) is 0 Å². The molecular formula is H2CoLiOP. The van der Waals surface area contributed by atoms with Crippen LogP contribution in [0.2, 0.25) is 0 Å². The molecule has 0 aliphatic rings. The van der Waals surface area contributed by atoms with Crippen LogP contribution in [0.5, 0.6) is 0 Å². The Hall–Kier alpha value is 1.20. The SMILES string of the molecule is O=P.[Co].[H-].[Li+]. The quantitative estimate of drug-likeness (QED) is 0.254. The predicted octanol–water partition coefficient (Wildman–Crippen LogP) is -2.41. The molecule has 0 fully saturated rings. The number of hydrogen-bond donors (Lipinski definition) is 0. The van der Waals surface area contributed by atoms with Gasteiger partial charge < -0.3 is 1.43 Å². The van der Waals surface area contributed by atoms with Crippen LogP contribution >= 0.6 is 9.12 Å². The van der Waals surface area contributed by atoms with Gasteiger partial charge in [-0.05, 0) is 0 Å². The number of rotatable bonds is 0. The van der Waals surface area contributed by atoms with Gasteiger partial charge in [-0.3, -0.25) is 4.57 Å². The molecule has 0 bridgehead atoms. The van der Waals surface area contributed by atoms with Crippen molar-refractivity contribution in [2.45, 2.75) is 0 Å². The summed E-state index contributed by atoms with van der Waals surface area (Å²) >= 11 is 0. The summed E-state index contributed by atoms with van der Waals surface area (Å²) in [7, 11) is 1.72. The molecule has 0 aliphatic heterocycles. The van der Waals surface area contributed by atoms with Crippen LogP contribution in [0.4, 0.5) is 0 Å². The Bertz CT molecular complexity index is 11.6. The minimum atomic E-state index is 0. The third-order valence-electron chi connectivity index (χ3n) is 0. The molecule has 0 N–H and O–H groups in total. The van der Waals surface area contributed by atoms with Crippen molar-refractivity contribution >= 4 is 9.12 Å². The first-order valence-electron chi connectivity index (χ1n) is 0.204. The maximum Gasteiger partial charge on any atom is 1.00 e. The fourth-order valence-corrected chi connectivity index (χ4v) is 0. The van der Waals surface area contributed by atoms with Gasteiger partial charge in [-0.15, -0.1) is 0 Å². The molecule has 4 heavy (non-hydrogen) atoms. The molecule has 0 saturated carbocycles. The summed E-state index contributed by atoms with van der Waals surface area (Å²) in [5.74, 6) is 0. The molecule has 0 aromatic carbocycles. The van der Waals surface area contributed by atoms with Crippen molar-refractivity contribution in [3.63, 3.8) is 0 Å². The average Bonchev–Trinajstić information content (AvgIpc) is 1.00. The minimum absolute atomic E-state index is 0. The molecular weight excluding hydrogens is 113 g/mol. The van der Waals surface area contributed by atoms with Crippen molar-refractivity contribution in [1.82, 2.24) is 0 Å². The van der Waals surface area contributed by atoms with Gasteiger partial charge in [0.1, 0.15) is 9.12 Å².